The molecule has 2 fully saturated rings. The van der Waals surface area contributed by atoms with E-state index in [-0.39, 0.29) is 17.1 Å². The summed E-state index contributed by atoms with van der Waals surface area (Å²) < 4.78 is 51.3. The van der Waals surface area contributed by atoms with Crippen LogP contribution in [-0.4, -0.2) is 36.6 Å². The third-order valence-corrected chi connectivity index (χ3v) is 4.62. The van der Waals surface area contributed by atoms with Crippen LogP contribution in [-0.2, 0) is 36.9 Å². The maximum absolute atomic E-state index is 13.8. The normalized spacial score (nSPS) is 20.6. The minimum atomic E-state index is -5.07. The molecule has 0 aliphatic heterocycles. The number of hydrogen-bond acceptors (Lipinski definition) is 4. The van der Waals surface area contributed by atoms with Crippen LogP contribution in [0.25, 0.3) is 0 Å². The van der Waals surface area contributed by atoms with Gasteiger partial charge in [0.05, 0.1) is 6.61 Å². The molecule has 31 heavy (non-hydrogen) atoms. The van der Waals surface area contributed by atoms with Gasteiger partial charge in [-0.2, -0.15) is 13.2 Å². The van der Waals surface area contributed by atoms with Crippen molar-refractivity contribution in [3.05, 3.63) is 99.6 Å². The second-order valence-electron chi connectivity index (χ2n) is 6.66. The molecule has 2 atom stereocenters. The first-order chi connectivity index (χ1) is 14.2. The third kappa shape index (κ3) is 6.47. The van der Waals surface area contributed by atoms with E-state index in [1.807, 2.05) is 32.1 Å². The molecule has 0 spiro atoms. The van der Waals surface area contributed by atoms with E-state index in [0.717, 1.165) is 19.2 Å². The number of methoxy groups -OCH3 is 1. The SMILES string of the molecule is CO[C@](C(=O)O[C@](C)(CO)[C]1[CH][CH][CH][CH]1)(c1ccccc1)C(F)(F)F.[CH]1[CH][CH][CH][CH]1.[Fe+2]. The first-order valence-electron chi connectivity index (χ1n) is 9.12. The number of benzene rings is 1. The van der Waals surface area contributed by atoms with Gasteiger partial charge < -0.3 is 14.6 Å². The topological polar surface area (TPSA) is 55.8 Å². The molecule has 10 radical (unpaired) electrons. The van der Waals surface area contributed by atoms with Gasteiger partial charge in [-0.15, -0.1) is 0 Å². The van der Waals surface area contributed by atoms with Crippen molar-refractivity contribution in [2.24, 2.45) is 0 Å². The zero-order valence-electron chi connectivity index (χ0n) is 16.9. The van der Waals surface area contributed by atoms with Crippen LogP contribution in [0, 0.1) is 63.7 Å². The van der Waals surface area contributed by atoms with Crippen molar-refractivity contribution in [3.63, 3.8) is 0 Å². The van der Waals surface area contributed by atoms with Gasteiger partial charge in [0.25, 0.3) is 5.60 Å². The van der Waals surface area contributed by atoms with Gasteiger partial charge in [0.15, 0.2) is 0 Å². The van der Waals surface area contributed by atoms with E-state index in [0.29, 0.717) is 5.92 Å². The fraction of sp³-hybridized carbons (Fsp3) is 0.261. The molecule has 2 aliphatic rings. The number of hydrogen-bond donors (Lipinski definition) is 1. The number of esters is 1. The van der Waals surface area contributed by atoms with E-state index in [4.69, 9.17) is 4.74 Å². The molecule has 166 valence electrons. The Labute approximate surface area is 193 Å². The maximum Gasteiger partial charge on any atom is 2.00 e. The summed E-state index contributed by atoms with van der Waals surface area (Å²) in [5, 5.41) is 9.62. The number of carbonyl (C=O) groups excluding carboxylic acids is 1. The van der Waals surface area contributed by atoms with Gasteiger partial charge in [-0.05, 0) is 64.7 Å². The maximum atomic E-state index is 13.8. The zero-order valence-corrected chi connectivity index (χ0v) is 18.1. The molecule has 1 N–H and O–H groups in total. The summed E-state index contributed by atoms with van der Waals surface area (Å²) in [5.74, 6) is -1.27. The Balaban J connectivity index is 0.000000701. The molecular weight excluding hydrogens is 453 g/mol. The second-order valence-corrected chi connectivity index (χ2v) is 6.66. The van der Waals surface area contributed by atoms with E-state index < -0.39 is 35.5 Å². The van der Waals surface area contributed by atoms with Crippen molar-refractivity contribution in [3.8, 4) is 0 Å². The van der Waals surface area contributed by atoms with Crippen LogP contribution in [0.4, 0.5) is 13.2 Å². The summed E-state index contributed by atoms with van der Waals surface area (Å²) in [6, 6.07) is 6.52. The van der Waals surface area contributed by atoms with Crippen LogP contribution in [0.15, 0.2) is 30.3 Å². The Morgan fingerprint density at radius 2 is 1.42 bits per heavy atom. The van der Waals surface area contributed by atoms with Crippen molar-refractivity contribution in [1.82, 2.24) is 0 Å². The Bertz CT molecular complexity index is 653. The molecule has 2 aliphatic carbocycles. The van der Waals surface area contributed by atoms with Crippen LogP contribution in [0.3, 0.4) is 0 Å². The van der Waals surface area contributed by atoms with Crippen LogP contribution in [0.5, 0.6) is 0 Å². The minimum absolute atomic E-state index is 0. The molecule has 2 saturated carbocycles. The minimum Gasteiger partial charge on any atom is -0.454 e. The third-order valence-electron chi connectivity index (χ3n) is 4.62. The van der Waals surface area contributed by atoms with Crippen LogP contribution < -0.4 is 0 Å². The molecule has 1 aromatic carbocycles. The van der Waals surface area contributed by atoms with Gasteiger partial charge >= 0.3 is 29.2 Å². The predicted octanol–water partition coefficient (Wildman–Crippen LogP) is 3.81. The Morgan fingerprint density at radius 1 is 0.935 bits per heavy atom. The average molecular weight is 476 g/mol. The predicted molar refractivity (Wildman–Crippen MR) is 105 cm³/mol. The van der Waals surface area contributed by atoms with Crippen molar-refractivity contribution in [2.75, 3.05) is 13.7 Å². The standard InChI is InChI=1S/C18H18F3O4.C5H5.Fe/c1-16(12-22,13-8-6-7-9-13)25-15(23)17(24-2,18(19,20)21)14-10-4-3-5-11-14;1-2-4-5-3-1;/h3-11,22H,12H2,1-2H3;1-5H;/q;;+2/t16-,17+;;/m1../s1. The average Bonchev–Trinajstić information content (AvgIpc) is 3.45. The number of carbonyl (C=O) groups is 1. The van der Waals surface area contributed by atoms with Gasteiger partial charge in [-0.3, -0.25) is 0 Å². The quantitative estimate of drug-likeness (QED) is 0.502. The fourth-order valence-electron chi connectivity index (χ4n) is 2.89. The number of aliphatic hydroxyl groups is 1. The summed E-state index contributed by atoms with van der Waals surface area (Å²) in [6.07, 6.45) is 11.3. The zero-order chi connectivity index (χ0) is 22.3. The van der Waals surface area contributed by atoms with Gasteiger partial charge in [0, 0.05) is 18.6 Å². The largest absolute Gasteiger partial charge is 2.00 e. The van der Waals surface area contributed by atoms with E-state index in [9.17, 15) is 23.1 Å². The summed E-state index contributed by atoms with van der Waals surface area (Å²) in [4.78, 5) is 12.6. The molecule has 0 heterocycles. The van der Waals surface area contributed by atoms with Crippen LogP contribution in [0.1, 0.15) is 12.5 Å². The van der Waals surface area contributed by atoms with Crippen molar-refractivity contribution < 1.29 is 49.6 Å². The molecule has 0 saturated heterocycles. The van der Waals surface area contributed by atoms with Gasteiger partial charge in [-0.1, -0.05) is 30.3 Å². The summed E-state index contributed by atoms with van der Waals surface area (Å²) in [7, 11) is 0.792. The molecule has 0 amide bonds. The molecular formula is C23H23F3FeO4+2. The first-order valence-corrected chi connectivity index (χ1v) is 9.12. The van der Waals surface area contributed by atoms with E-state index in [2.05, 4.69) is 4.74 Å². The number of rotatable bonds is 6. The van der Waals surface area contributed by atoms with E-state index in [1.54, 1.807) is 25.7 Å². The molecule has 3 rings (SSSR count). The second kappa shape index (κ2) is 12.2. The van der Waals surface area contributed by atoms with Crippen LogP contribution >= 0.6 is 0 Å². The van der Waals surface area contributed by atoms with Crippen molar-refractivity contribution >= 4 is 5.97 Å². The van der Waals surface area contributed by atoms with Gasteiger partial charge in [0.2, 0.25) is 0 Å². The number of alkyl halides is 3. The molecule has 0 unspecified atom stereocenters. The molecule has 1 aromatic rings. The number of ether oxygens (including phenoxy) is 2. The smallest absolute Gasteiger partial charge is 0.454 e. The van der Waals surface area contributed by atoms with Gasteiger partial charge in [-0.25, -0.2) is 4.79 Å². The monoisotopic (exact) mass is 476 g/mol. The number of aliphatic hydroxyl groups excluding tert-OH is 1. The summed E-state index contributed by atoms with van der Waals surface area (Å²) in [5.41, 5.74) is -5.33. The molecule has 0 bridgehead atoms. The molecule has 4 nitrogen and oxygen atoms in total. The van der Waals surface area contributed by atoms with E-state index in [1.165, 1.54) is 25.1 Å². The van der Waals surface area contributed by atoms with Crippen LogP contribution in [0.2, 0.25) is 0 Å². The first kappa shape index (κ1) is 28.0. The van der Waals surface area contributed by atoms with Crippen molar-refractivity contribution in [1.29, 1.82) is 0 Å². The Hall–Kier alpha value is -1.08. The van der Waals surface area contributed by atoms with Crippen molar-refractivity contribution in [2.45, 2.75) is 24.3 Å². The molecule has 0 aromatic heterocycles. The Morgan fingerprint density at radius 3 is 1.81 bits per heavy atom. The van der Waals surface area contributed by atoms with Gasteiger partial charge in [0.1, 0.15) is 5.60 Å². The van der Waals surface area contributed by atoms with E-state index >= 15 is 0 Å². The molecule has 8 heteroatoms. The Kier molecular flexibility index (Phi) is 11.0. The number of halogens is 3. The fourth-order valence-corrected chi connectivity index (χ4v) is 2.89. The summed E-state index contributed by atoms with van der Waals surface area (Å²) in [6.45, 7) is 0.650. The summed E-state index contributed by atoms with van der Waals surface area (Å²) >= 11 is 0.